The zero-order valence-corrected chi connectivity index (χ0v) is 4.44. The predicted molar refractivity (Wildman–Crippen MR) is 31.6 cm³/mol. The van der Waals surface area contributed by atoms with Gasteiger partial charge in [0, 0.05) is 0 Å². The molecular weight excluding hydrogens is 86.1 g/mol. The second kappa shape index (κ2) is 5.10. The van der Waals surface area contributed by atoms with Crippen molar-refractivity contribution in [1.29, 1.82) is 0 Å². The standard InChI is InChI=1S/C6H9N/c1-3-5-7-6-4-2/h1,4,6-7H,5H2,2H3/b6-4-. The van der Waals surface area contributed by atoms with Crippen molar-refractivity contribution in [2.45, 2.75) is 6.92 Å². The molecule has 0 aliphatic rings. The first kappa shape index (κ1) is 6.10. The lowest BCUT2D eigenvalue weighted by atomic mass is 10.6. The van der Waals surface area contributed by atoms with Crippen LogP contribution in [-0.4, -0.2) is 6.54 Å². The Morgan fingerprint density at radius 3 is 3.00 bits per heavy atom. The maximum atomic E-state index is 4.92. The van der Waals surface area contributed by atoms with E-state index in [2.05, 4.69) is 11.2 Å². The molecule has 0 radical (unpaired) electrons. The van der Waals surface area contributed by atoms with E-state index in [0.29, 0.717) is 6.54 Å². The zero-order valence-electron chi connectivity index (χ0n) is 4.44. The van der Waals surface area contributed by atoms with Crippen LogP contribution in [0.5, 0.6) is 0 Å². The molecule has 0 aliphatic heterocycles. The van der Waals surface area contributed by atoms with E-state index in [1.54, 1.807) is 0 Å². The molecule has 1 nitrogen and oxygen atoms in total. The van der Waals surface area contributed by atoms with Crippen LogP contribution in [0, 0.1) is 12.3 Å². The molecule has 0 unspecified atom stereocenters. The van der Waals surface area contributed by atoms with Gasteiger partial charge >= 0.3 is 0 Å². The smallest absolute Gasteiger partial charge is 0.0758 e. The third-order valence-electron chi connectivity index (χ3n) is 0.489. The van der Waals surface area contributed by atoms with Crippen LogP contribution in [0.25, 0.3) is 0 Å². The van der Waals surface area contributed by atoms with Crippen molar-refractivity contribution >= 4 is 0 Å². The van der Waals surface area contributed by atoms with Crippen LogP contribution < -0.4 is 5.32 Å². The SMILES string of the molecule is C#CCN/C=C\C. The Kier molecular flexibility index (Phi) is 4.44. The minimum atomic E-state index is 0.615. The van der Waals surface area contributed by atoms with E-state index in [9.17, 15) is 0 Å². The molecule has 1 heteroatoms. The van der Waals surface area contributed by atoms with Crippen molar-refractivity contribution in [3.05, 3.63) is 12.3 Å². The molecule has 7 heavy (non-hydrogen) atoms. The predicted octanol–water partition coefficient (Wildman–Crippen LogP) is 0.743. The third-order valence-corrected chi connectivity index (χ3v) is 0.489. The van der Waals surface area contributed by atoms with E-state index in [1.807, 2.05) is 19.2 Å². The summed E-state index contributed by atoms with van der Waals surface area (Å²) >= 11 is 0. The molecule has 38 valence electrons. The third kappa shape index (κ3) is 5.10. The molecule has 0 heterocycles. The Labute approximate surface area is 44.4 Å². The largest absolute Gasteiger partial charge is 0.380 e. The molecule has 0 saturated heterocycles. The van der Waals surface area contributed by atoms with E-state index in [1.165, 1.54) is 0 Å². The maximum absolute atomic E-state index is 4.92. The normalized spacial score (nSPS) is 8.57. The zero-order chi connectivity index (χ0) is 5.54. The minimum Gasteiger partial charge on any atom is -0.380 e. The van der Waals surface area contributed by atoms with Crippen LogP contribution in [0.2, 0.25) is 0 Å². The first-order chi connectivity index (χ1) is 3.41. The molecule has 0 rings (SSSR count). The van der Waals surface area contributed by atoms with Gasteiger partial charge in [-0.05, 0) is 13.1 Å². The monoisotopic (exact) mass is 95.1 g/mol. The summed E-state index contributed by atoms with van der Waals surface area (Å²) in [6.45, 7) is 2.55. The van der Waals surface area contributed by atoms with Crippen LogP contribution in [0.4, 0.5) is 0 Å². The van der Waals surface area contributed by atoms with Crippen molar-refractivity contribution in [1.82, 2.24) is 5.32 Å². The lowest BCUT2D eigenvalue weighted by Crippen LogP contribution is -2.02. The Morgan fingerprint density at radius 1 is 1.86 bits per heavy atom. The molecule has 0 bridgehead atoms. The summed E-state index contributed by atoms with van der Waals surface area (Å²) in [4.78, 5) is 0. The van der Waals surface area contributed by atoms with Gasteiger partial charge in [0.05, 0.1) is 6.54 Å². The van der Waals surface area contributed by atoms with Crippen molar-refractivity contribution in [3.63, 3.8) is 0 Å². The molecule has 0 aromatic heterocycles. The minimum absolute atomic E-state index is 0.615. The number of rotatable bonds is 2. The van der Waals surface area contributed by atoms with Crippen molar-refractivity contribution in [2.24, 2.45) is 0 Å². The quantitative estimate of drug-likeness (QED) is 0.394. The Balaban J connectivity index is 2.87. The van der Waals surface area contributed by atoms with Crippen LogP contribution in [0.1, 0.15) is 6.92 Å². The second-order valence-corrected chi connectivity index (χ2v) is 1.09. The van der Waals surface area contributed by atoms with E-state index in [-0.39, 0.29) is 0 Å². The summed E-state index contributed by atoms with van der Waals surface area (Å²) < 4.78 is 0. The van der Waals surface area contributed by atoms with Gasteiger partial charge in [-0.25, -0.2) is 0 Å². The lowest BCUT2D eigenvalue weighted by molar-refractivity contribution is 1.01. The first-order valence-electron chi connectivity index (χ1n) is 2.20. The molecule has 0 fully saturated rings. The number of allylic oxidation sites excluding steroid dienone is 1. The molecule has 0 atom stereocenters. The van der Waals surface area contributed by atoms with Gasteiger partial charge in [-0.3, -0.25) is 0 Å². The second-order valence-electron chi connectivity index (χ2n) is 1.09. The van der Waals surface area contributed by atoms with Gasteiger partial charge < -0.3 is 5.32 Å². The fourth-order valence-electron chi connectivity index (χ4n) is 0.236. The average Bonchev–Trinajstić information content (AvgIpc) is 1.69. The highest BCUT2D eigenvalue weighted by atomic mass is 14.8. The maximum Gasteiger partial charge on any atom is 0.0758 e. The fourth-order valence-corrected chi connectivity index (χ4v) is 0.236. The number of hydrogen-bond acceptors (Lipinski definition) is 1. The van der Waals surface area contributed by atoms with Crippen molar-refractivity contribution in [2.75, 3.05) is 6.54 Å². The Hall–Kier alpha value is -0.900. The Morgan fingerprint density at radius 2 is 2.57 bits per heavy atom. The van der Waals surface area contributed by atoms with Crippen LogP contribution in [-0.2, 0) is 0 Å². The fraction of sp³-hybridized carbons (Fsp3) is 0.333. The van der Waals surface area contributed by atoms with Crippen molar-refractivity contribution < 1.29 is 0 Å². The van der Waals surface area contributed by atoms with Gasteiger partial charge in [-0.1, -0.05) is 12.0 Å². The van der Waals surface area contributed by atoms with Gasteiger partial charge in [-0.2, -0.15) is 0 Å². The van der Waals surface area contributed by atoms with Crippen LogP contribution in [0.15, 0.2) is 12.3 Å². The Bertz CT molecular complexity index is 86.8. The summed E-state index contributed by atoms with van der Waals surface area (Å²) in [6.07, 6.45) is 8.64. The molecule has 0 amide bonds. The summed E-state index contributed by atoms with van der Waals surface area (Å²) in [5, 5.41) is 2.87. The van der Waals surface area contributed by atoms with Gasteiger partial charge in [0.2, 0.25) is 0 Å². The van der Waals surface area contributed by atoms with Crippen molar-refractivity contribution in [3.8, 4) is 12.3 Å². The molecule has 0 aromatic rings. The van der Waals surface area contributed by atoms with Gasteiger partial charge in [-0.15, -0.1) is 6.42 Å². The van der Waals surface area contributed by atoms with Crippen LogP contribution in [0.3, 0.4) is 0 Å². The van der Waals surface area contributed by atoms with E-state index in [0.717, 1.165) is 0 Å². The van der Waals surface area contributed by atoms with E-state index < -0.39 is 0 Å². The van der Waals surface area contributed by atoms with Crippen LogP contribution >= 0.6 is 0 Å². The summed E-state index contributed by atoms with van der Waals surface area (Å²) in [5.74, 6) is 2.44. The van der Waals surface area contributed by atoms with Gasteiger partial charge in [0.25, 0.3) is 0 Å². The first-order valence-corrected chi connectivity index (χ1v) is 2.20. The summed E-state index contributed by atoms with van der Waals surface area (Å²) in [7, 11) is 0. The highest BCUT2D eigenvalue weighted by Crippen LogP contribution is 1.59. The molecular formula is C6H9N. The molecule has 0 saturated carbocycles. The number of hydrogen-bond donors (Lipinski definition) is 1. The molecule has 0 aliphatic carbocycles. The highest BCUT2D eigenvalue weighted by molar-refractivity contribution is 4.89. The van der Waals surface area contributed by atoms with Gasteiger partial charge in [0.15, 0.2) is 0 Å². The van der Waals surface area contributed by atoms with E-state index in [4.69, 9.17) is 6.42 Å². The highest BCUT2D eigenvalue weighted by Gasteiger charge is 1.62. The molecule has 0 spiro atoms. The molecule has 0 aromatic carbocycles. The summed E-state index contributed by atoms with van der Waals surface area (Å²) in [5.41, 5.74) is 0. The lowest BCUT2D eigenvalue weighted by Gasteiger charge is -1.85. The molecule has 1 N–H and O–H groups in total. The van der Waals surface area contributed by atoms with Gasteiger partial charge in [0.1, 0.15) is 0 Å². The summed E-state index contributed by atoms with van der Waals surface area (Å²) in [6, 6.07) is 0. The average molecular weight is 95.1 g/mol. The topological polar surface area (TPSA) is 12.0 Å². The van der Waals surface area contributed by atoms with E-state index >= 15 is 0 Å². The number of nitrogens with one attached hydrogen (secondary N) is 1. The number of terminal acetylenes is 1.